The second kappa shape index (κ2) is 9.98. The van der Waals surface area contributed by atoms with Gasteiger partial charge in [-0.25, -0.2) is 0 Å². The van der Waals surface area contributed by atoms with E-state index in [9.17, 15) is 4.79 Å². The lowest BCUT2D eigenvalue weighted by molar-refractivity contribution is -0.119. The van der Waals surface area contributed by atoms with E-state index in [0.717, 1.165) is 19.3 Å². The molecule has 1 aromatic rings. The fraction of sp³-hybridized carbons (Fsp3) is 0.562. The van der Waals surface area contributed by atoms with Gasteiger partial charge in [-0.1, -0.05) is 18.5 Å². The van der Waals surface area contributed by atoms with Crippen molar-refractivity contribution in [2.45, 2.75) is 32.2 Å². The number of benzene rings is 1. The molecule has 1 fully saturated rings. The Bertz CT molecular complexity index is 508. The van der Waals surface area contributed by atoms with E-state index in [1.54, 1.807) is 18.2 Å². The molecular formula is C16H24Cl2N2O3. The number of amides is 1. The molecule has 0 bridgehead atoms. The second-order valence-corrected chi connectivity index (χ2v) is 5.87. The lowest BCUT2D eigenvalue weighted by Gasteiger charge is -2.26. The molecule has 0 aromatic heterocycles. The van der Waals surface area contributed by atoms with Gasteiger partial charge in [0.1, 0.15) is 5.75 Å². The Morgan fingerprint density at radius 2 is 2.17 bits per heavy atom. The summed E-state index contributed by atoms with van der Waals surface area (Å²) in [5, 5.41) is 3.30. The van der Waals surface area contributed by atoms with Gasteiger partial charge >= 0.3 is 0 Å². The molecule has 0 radical (unpaired) electrons. The SMILES string of the molecule is CCCOc1ccc(NC(=O)C(N)C2CCOCC2)cc1Cl.Cl. The van der Waals surface area contributed by atoms with Gasteiger partial charge in [0.05, 0.1) is 17.7 Å². The van der Waals surface area contributed by atoms with Crippen LogP contribution in [0.25, 0.3) is 0 Å². The van der Waals surface area contributed by atoms with Crippen molar-refractivity contribution < 1.29 is 14.3 Å². The van der Waals surface area contributed by atoms with Crippen LogP contribution in [0.4, 0.5) is 5.69 Å². The van der Waals surface area contributed by atoms with Crippen LogP contribution >= 0.6 is 24.0 Å². The summed E-state index contributed by atoms with van der Waals surface area (Å²) in [7, 11) is 0. The van der Waals surface area contributed by atoms with Crippen LogP contribution in [0, 0.1) is 5.92 Å². The summed E-state index contributed by atoms with van der Waals surface area (Å²) >= 11 is 6.15. The van der Waals surface area contributed by atoms with Gasteiger partial charge in [0.25, 0.3) is 0 Å². The van der Waals surface area contributed by atoms with E-state index in [2.05, 4.69) is 5.32 Å². The van der Waals surface area contributed by atoms with Crippen LogP contribution in [0.15, 0.2) is 18.2 Å². The molecule has 1 aromatic carbocycles. The van der Waals surface area contributed by atoms with Gasteiger partial charge in [-0.15, -0.1) is 12.4 Å². The molecule has 130 valence electrons. The fourth-order valence-corrected chi connectivity index (χ4v) is 2.66. The zero-order valence-corrected chi connectivity index (χ0v) is 14.8. The average molecular weight is 363 g/mol. The van der Waals surface area contributed by atoms with Crippen molar-refractivity contribution in [2.75, 3.05) is 25.1 Å². The first-order valence-electron chi connectivity index (χ1n) is 7.68. The maximum absolute atomic E-state index is 12.2. The molecule has 1 saturated heterocycles. The normalized spacial score (nSPS) is 16.3. The quantitative estimate of drug-likeness (QED) is 0.814. The molecule has 0 spiro atoms. The number of carbonyl (C=O) groups is 1. The average Bonchev–Trinajstić information content (AvgIpc) is 2.54. The number of anilines is 1. The highest BCUT2D eigenvalue weighted by atomic mass is 35.5. The van der Waals surface area contributed by atoms with Crippen molar-refractivity contribution in [3.63, 3.8) is 0 Å². The van der Waals surface area contributed by atoms with Crippen molar-refractivity contribution in [1.82, 2.24) is 0 Å². The van der Waals surface area contributed by atoms with Crippen molar-refractivity contribution in [1.29, 1.82) is 0 Å². The first-order valence-corrected chi connectivity index (χ1v) is 8.06. The minimum absolute atomic E-state index is 0. The number of ether oxygens (including phenoxy) is 2. The van der Waals surface area contributed by atoms with E-state index in [-0.39, 0.29) is 24.2 Å². The van der Waals surface area contributed by atoms with E-state index < -0.39 is 6.04 Å². The van der Waals surface area contributed by atoms with Crippen LogP contribution in [0.2, 0.25) is 5.02 Å². The lowest BCUT2D eigenvalue weighted by atomic mass is 9.92. The number of halogens is 2. The lowest BCUT2D eigenvalue weighted by Crippen LogP contribution is -2.44. The Kier molecular flexibility index (Phi) is 8.69. The standard InChI is InChI=1S/C16H23ClN2O3.ClH/c1-2-7-22-14-4-3-12(10-13(14)17)19-16(20)15(18)11-5-8-21-9-6-11;/h3-4,10-11,15H,2,5-9,18H2,1H3,(H,19,20);1H. The van der Waals surface area contributed by atoms with Crippen LogP contribution < -0.4 is 15.8 Å². The third-order valence-electron chi connectivity index (χ3n) is 3.74. The Balaban J connectivity index is 0.00000264. The predicted molar refractivity (Wildman–Crippen MR) is 94.6 cm³/mol. The molecule has 3 N–H and O–H groups in total. The maximum atomic E-state index is 12.2. The summed E-state index contributed by atoms with van der Waals surface area (Å²) in [5.74, 6) is 0.594. The molecule has 0 aliphatic carbocycles. The monoisotopic (exact) mass is 362 g/mol. The Morgan fingerprint density at radius 1 is 1.48 bits per heavy atom. The first kappa shape index (κ1) is 20.0. The molecule has 1 aliphatic heterocycles. The van der Waals surface area contributed by atoms with Crippen LogP contribution in [0.3, 0.4) is 0 Å². The molecule has 1 heterocycles. The van der Waals surface area contributed by atoms with Crippen molar-refractivity contribution >= 4 is 35.6 Å². The summed E-state index contributed by atoms with van der Waals surface area (Å²) < 4.78 is 10.8. The van der Waals surface area contributed by atoms with E-state index >= 15 is 0 Å². The van der Waals surface area contributed by atoms with Crippen LogP contribution in [-0.2, 0) is 9.53 Å². The topological polar surface area (TPSA) is 73.6 Å². The smallest absolute Gasteiger partial charge is 0.241 e. The number of nitrogens with two attached hydrogens (primary N) is 1. The molecule has 1 amide bonds. The van der Waals surface area contributed by atoms with Crippen LogP contribution in [0.1, 0.15) is 26.2 Å². The number of hydrogen-bond donors (Lipinski definition) is 2. The molecule has 23 heavy (non-hydrogen) atoms. The van der Waals surface area contributed by atoms with Crippen LogP contribution in [-0.4, -0.2) is 31.8 Å². The minimum atomic E-state index is -0.529. The highest BCUT2D eigenvalue weighted by molar-refractivity contribution is 6.32. The van der Waals surface area contributed by atoms with Crippen molar-refractivity contribution in [2.24, 2.45) is 11.7 Å². The first-order chi connectivity index (χ1) is 10.6. The molecule has 0 saturated carbocycles. The Morgan fingerprint density at radius 3 is 2.78 bits per heavy atom. The van der Waals surface area contributed by atoms with E-state index in [1.807, 2.05) is 6.92 Å². The third kappa shape index (κ3) is 5.84. The van der Waals surface area contributed by atoms with Gasteiger partial charge in [-0.05, 0) is 43.4 Å². The second-order valence-electron chi connectivity index (χ2n) is 5.46. The highest BCUT2D eigenvalue weighted by Gasteiger charge is 2.26. The molecule has 5 nitrogen and oxygen atoms in total. The largest absolute Gasteiger partial charge is 0.492 e. The summed E-state index contributed by atoms with van der Waals surface area (Å²) in [6.45, 7) is 3.97. The highest BCUT2D eigenvalue weighted by Crippen LogP contribution is 2.28. The van der Waals surface area contributed by atoms with Gasteiger partial charge in [0.15, 0.2) is 0 Å². The minimum Gasteiger partial charge on any atom is -0.492 e. The Hall–Kier alpha value is -1.01. The molecule has 1 unspecified atom stereocenters. The molecular weight excluding hydrogens is 339 g/mol. The summed E-state index contributed by atoms with van der Waals surface area (Å²) in [4.78, 5) is 12.2. The summed E-state index contributed by atoms with van der Waals surface area (Å²) in [5.41, 5.74) is 6.67. The summed E-state index contributed by atoms with van der Waals surface area (Å²) in [6.07, 6.45) is 2.55. The van der Waals surface area contributed by atoms with Gasteiger partial charge in [-0.2, -0.15) is 0 Å². The number of nitrogens with one attached hydrogen (secondary N) is 1. The number of carbonyl (C=O) groups excluding carboxylic acids is 1. The van der Waals surface area contributed by atoms with E-state index in [1.165, 1.54) is 0 Å². The zero-order valence-electron chi connectivity index (χ0n) is 13.2. The van der Waals surface area contributed by atoms with Crippen molar-refractivity contribution in [3.05, 3.63) is 23.2 Å². The maximum Gasteiger partial charge on any atom is 0.241 e. The number of hydrogen-bond acceptors (Lipinski definition) is 4. The van der Waals surface area contributed by atoms with Crippen molar-refractivity contribution in [3.8, 4) is 5.75 Å². The number of rotatable bonds is 6. The Labute approximate surface area is 148 Å². The predicted octanol–water partition coefficient (Wildman–Crippen LogP) is 3.24. The zero-order chi connectivity index (χ0) is 15.9. The molecule has 1 aliphatic rings. The van der Waals surface area contributed by atoms with E-state index in [0.29, 0.717) is 36.3 Å². The fourth-order valence-electron chi connectivity index (χ4n) is 2.42. The summed E-state index contributed by atoms with van der Waals surface area (Å²) in [6, 6.07) is 4.68. The van der Waals surface area contributed by atoms with Gasteiger partial charge in [-0.3, -0.25) is 4.79 Å². The van der Waals surface area contributed by atoms with Gasteiger partial charge < -0.3 is 20.5 Å². The third-order valence-corrected chi connectivity index (χ3v) is 4.03. The van der Waals surface area contributed by atoms with Gasteiger partial charge in [0.2, 0.25) is 5.91 Å². The molecule has 1 atom stereocenters. The van der Waals surface area contributed by atoms with Crippen LogP contribution in [0.5, 0.6) is 5.75 Å². The van der Waals surface area contributed by atoms with E-state index in [4.69, 9.17) is 26.8 Å². The molecule has 7 heteroatoms. The van der Waals surface area contributed by atoms with Gasteiger partial charge in [0, 0.05) is 18.9 Å². The molecule has 2 rings (SSSR count).